The Hall–Kier alpha value is -1.98. The number of nitrogen functional groups attached to an aromatic ring is 1. The molecule has 0 fully saturated rings. The average molecular weight is 255 g/mol. The van der Waals surface area contributed by atoms with Gasteiger partial charge in [0.05, 0.1) is 16.9 Å². The van der Waals surface area contributed by atoms with Crippen LogP contribution in [-0.4, -0.2) is 24.8 Å². The van der Waals surface area contributed by atoms with Gasteiger partial charge in [0, 0.05) is 18.6 Å². The Morgan fingerprint density at radius 1 is 1.28 bits per heavy atom. The minimum Gasteiger partial charge on any atom is -0.396 e. The highest BCUT2D eigenvalue weighted by Crippen LogP contribution is 2.31. The predicted octanol–water partition coefficient (Wildman–Crippen LogP) is 2.82. The van der Waals surface area contributed by atoms with E-state index < -0.39 is 12.7 Å². The summed E-state index contributed by atoms with van der Waals surface area (Å²) in [6.07, 6.45) is -2.65. The summed E-state index contributed by atoms with van der Waals surface area (Å²) in [7, 11) is 1.36. The van der Waals surface area contributed by atoms with E-state index in [1.54, 1.807) is 30.5 Å². The number of nitrogens with zero attached hydrogens (tertiary/aromatic N) is 2. The number of hydrogen-bond donors (Lipinski definition) is 1. The van der Waals surface area contributed by atoms with Crippen molar-refractivity contribution in [3.05, 3.63) is 30.5 Å². The van der Waals surface area contributed by atoms with Gasteiger partial charge < -0.3 is 10.6 Å². The molecule has 0 saturated carbocycles. The molecule has 3 nitrogen and oxygen atoms in total. The van der Waals surface area contributed by atoms with Crippen LogP contribution in [0.15, 0.2) is 30.5 Å². The van der Waals surface area contributed by atoms with Gasteiger partial charge in [-0.3, -0.25) is 4.98 Å². The van der Waals surface area contributed by atoms with Gasteiger partial charge in [-0.2, -0.15) is 13.2 Å². The van der Waals surface area contributed by atoms with E-state index in [9.17, 15) is 13.2 Å². The molecule has 0 aliphatic carbocycles. The third-order valence-electron chi connectivity index (χ3n) is 2.63. The van der Waals surface area contributed by atoms with Crippen molar-refractivity contribution in [2.24, 2.45) is 0 Å². The molecule has 0 spiro atoms. The van der Waals surface area contributed by atoms with E-state index in [-0.39, 0.29) is 0 Å². The summed E-state index contributed by atoms with van der Waals surface area (Å²) < 4.78 is 37.0. The molecule has 1 heterocycles. The van der Waals surface area contributed by atoms with E-state index >= 15 is 0 Å². The molecule has 0 aliphatic rings. The zero-order valence-electron chi connectivity index (χ0n) is 9.70. The van der Waals surface area contributed by atoms with E-state index in [0.29, 0.717) is 22.3 Å². The van der Waals surface area contributed by atoms with Crippen LogP contribution in [0.25, 0.3) is 10.9 Å². The number of halogens is 3. The zero-order valence-corrected chi connectivity index (χ0v) is 9.70. The van der Waals surface area contributed by atoms with Crippen molar-refractivity contribution in [3.8, 4) is 0 Å². The lowest BCUT2D eigenvalue weighted by molar-refractivity contribution is -0.119. The van der Waals surface area contributed by atoms with Gasteiger partial charge in [-0.15, -0.1) is 0 Å². The molecule has 2 aromatic rings. The van der Waals surface area contributed by atoms with Crippen molar-refractivity contribution >= 4 is 22.3 Å². The van der Waals surface area contributed by atoms with Crippen LogP contribution in [0.4, 0.5) is 24.5 Å². The quantitative estimate of drug-likeness (QED) is 0.839. The summed E-state index contributed by atoms with van der Waals surface area (Å²) in [6.45, 7) is -1.04. The van der Waals surface area contributed by atoms with Gasteiger partial charge in [-0.25, -0.2) is 0 Å². The standard InChI is InChI=1S/C12H12F3N3/c1-18(7-12(13,14)15)10-5-4-9-8(11(10)16)3-2-6-17-9/h2-6H,7,16H2,1H3. The SMILES string of the molecule is CN(CC(F)(F)F)c1ccc2ncccc2c1N. The van der Waals surface area contributed by atoms with E-state index in [0.717, 1.165) is 4.90 Å². The third-order valence-corrected chi connectivity index (χ3v) is 2.63. The Morgan fingerprint density at radius 2 is 2.00 bits per heavy atom. The van der Waals surface area contributed by atoms with Gasteiger partial charge in [0.2, 0.25) is 0 Å². The molecule has 0 bridgehead atoms. The summed E-state index contributed by atoms with van der Waals surface area (Å²) in [4.78, 5) is 5.18. The van der Waals surface area contributed by atoms with E-state index in [4.69, 9.17) is 5.73 Å². The first-order valence-corrected chi connectivity index (χ1v) is 5.29. The molecule has 2 N–H and O–H groups in total. The molecule has 2 rings (SSSR count). The maximum Gasteiger partial charge on any atom is 0.405 e. The molecular weight excluding hydrogens is 243 g/mol. The lowest BCUT2D eigenvalue weighted by atomic mass is 10.1. The van der Waals surface area contributed by atoms with Crippen LogP contribution in [0.5, 0.6) is 0 Å². The number of benzene rings is 1. The van der Waals surface area contributed by atoms with Crippen LogP contribution < -0.4 is 10.6 Å². The first-order valence-electron chi connectivity index (χ1n) is 5.29. The summed E-state index contributed by atoms with van der Waals surface area (Å²) in [6, 6.07) is 6.65. The maximum absolute atomic E-state index is 12.3. The van der Waals surface area contributed by atoms with Gasteiger partial charge in [-0.1, -0.05) is 0 Å². The fourth-order valence-electron chi connectivity index (χ4n) is 1.85. The monoisotopic (exact) mass is 255 g/mol. The average Bonchev–Trinajstić information content (AvgIpc) is 2.27. The van der Waals surface area contributed by atoms with Crippen LogP contribution in [0.1, 0.15) is 0 Å². The van der Waals surface area contributed by atoms with Crippen molar-refractivity contribution in [1.29, 1.82) is 0 Å². The summed E-state index contributed by atoms with van der Waals surface area (Å²) in [5.74, 6) is 0. The van der Waals surface area contributed by atoms with Crippen molar-refractivity contribution in [2.45, 2.75) is 6.18 Å². The molecule has 0 amide bonds. The number of nitrogens with two attached hydrogens (primary N) is 1. The fourth-order valence-corrected chi connectivity index (χ4v) is 1.85. The van der Waals surface area contributed by atoms with E-state index in [2.05, 4.69) is 4.98 Å². The summed E-state index contributed by atoms with van der Waals surface area (Å²) in [5, 5.41) is 0.657. The third kappa shape index (κ3) is 2.47. The second kappa shape index (κ2) is 4.36. The summed E-state index contributed by atoms with van der Waals surface area (Å²) >= 11 is 0. The molecule has 0 aliphatic heterocycles. The lowest BCUT2D eigenvalue weighted by Gasteiger charge is -2.23. The summed E-state index contributed by atoms with van der Waals surface area (Å²) in [5.41, 5.74) is 7.22. The molecule has 0 saturated heterocycles. The van der Waals surface area contributed by atoms with Crippen molar-refractivity contribution in [3.63, 3.8) is 0 Å². The Balaban J connectivity index is 2.43. The number of pyridine rings is 1. The molecule has 0 unspecified atom stereocenters. The fraction of sp³-hybridized carbons (Fsp3) is 0.250. The van der Waals surface area contributed by atoms with Crippen molar-refractivity contribution in [2.75, 3.05) is 24.2 Å². The Labute approximate surface area is 102 Å². The smallest absolute Gasteiger partial charge is 0.396 e. The zero-order chi connectivity index (χ0) is 13.3. The number of fused-ring (bicyclic) bond motifs is 1. The lowest BCUT2D eigenvalue weighted by Crippen LogP contribution is -2.31. The number of hydrogen-bond acceptors (Lipinski definition) is 3. The van der Waals surface area contributed by atoms with Gasteiger partial charge in [-0.05, 0) is 24.3 Å². The van der Waals surface area contributed by atoms with Crippen LogP contribution in [0.2, 0.25) is 0 Å². The van der Waals surface area contributed by atoms with Crippen LogP contribution in [0, 0.1) is 0 Å². The maximum atomic E-state index is 12.3. The highest BCUT2D eigenvalue weighted by atomic mass is 19.4. The molecule has 0 atom stereocenters. The molecule has 0 radical (unpaired) electrons. The van der Waals surface area contributed by atoms with Crippen LogP contribution in [-0.2, 0) is 0 Å². The van der Waals surface area contributed by atoms with Crippen molar-refractivity contribution in [1.82, 2.24) is 4.98 Å². The molecule has 96 valence electrons. The number of rotatable bonds is 2. The van der Waals surface area contributed by atoms with Gasteiger partial charge >= 0.3 is 6.18 Å². The first-order chi connectivity index (χ1) is 8.38. The van der Waals surface area contributed by atoms with Gasteiger partial charge in [0.25, 0.3) is 0 Å². The minimum absolute atomic E-state index is 0.312. The van der Waals surface area contributed by atoms with Crippen molar-refractivity contribution < 1.29 is 13.2 Å². The van der Waals surface area contributed by atoms with Crippen LogP contribution >= 0.6 is 0 Å². The van der Waals surface area contributed by atoms with Gasteiger partial charge in [0.15, 0.2) is 0 Å². The number of anilines is 2. The minimum atomic E-state index is -4.26. The van der Waals surface area contributed by atoms with Gasteiger partial charge in [0.1, 0.15) is 6.54 Å². The Morgan fingerprint density at radius 3 is 2.67 bits per heavy atom. The normalized spacial score (nSPS) is 11.8. The second-order valence-corrected chi connectivity index (χ2v) is 4.04. The number of aromatic nitrogens is 1. The molecule has 1 aromatic heterocycles. The number of alkyl halides is 3. The highest BCUT2D eigenvalue weighted by Gasteiger charge is 2.30. The first kappa shape index (κ1) is 12.5. The Kier molecular flexibility index (Phi) is 3.02. The Bertz CT molecular complexity index is 566. The van der Waals surface area contributed by atoms with E-state index in [1.807, 2.05) is 0 Å². The topological polar surface area (TPSA) is 42.2 Å². The predicted molar refractivity (Wildman–Crippen MR) is 65.5 cm³/mol. The second-order valence-electron chi connectivity index (χ2n) is 4.04. The molecule has 6 heteroatoms. The molecular formula is C12H12F3N3. The highest BCUT2D eigenvalue weighted by molar-refractivity contribution is 5.97. The molecule has 18 heavy (non-hydrogen) atoms. The van der Waals surface area contributed by atoms with Crippen LogP contribution in [0.3, 0.4) is 0 Å². The largest absolute Gasteiger partial charge is 0.405 e. The molecule has 1 aromatic carbocycles. The van der Waals surface area contributed by atoms with E-state index in [1.165, 1.54) is 7.05 Å².